The lowest BCUT2D eigenvalue weighted by molar-refractivity contribution is -0.127. The molecule has 1 saturated carbocycles. The molecule has 28 heavy (non-hydrogen) atoms. The molecule has 146 valence electrons. The molecule has 0 aromatic heterocycles. The first-order valence-corrected chi connectivity index (χ1v) is 10.3. The predicted molar refractivity (Wildman–Crippen MR) is 112 cm³/mol. The van der Waals surface area contributed by atoms with Gasteiger partial charge in [0.05, 0.1) is 0 Å². The van der Waals surface area contributed by atoms with E-state index in [4.69, 9.17) is 0 Å². The van der Waals surface area contributed by atoms with E-state index in [1.165, 1.54) is 5.56 Å². The number of rotatable bonds is 3. The van der Waals surface area contributed by atoms with Crippen molar-refractivity contribution < 1.29 is 9.59 Å². The maximum atomic E-state index is 13.2. The first kappa shape index (κ1) is 18.7. The number of hydrogen-bond donors (Lipinski definition) is 0. The molecule has 0 bridgehead atoms. The highest BCUT2D eigenvalue weighted by molar-refractivity contribution is 5.98. The number of carbonyl (C=O) groups is 2. The second-order valence-electron chi connectivity index (χ2n) is 8.17. The Labute approximate surface area is 167 Å². The Kier molecular flexibility index (Phi) is 5.21. The minimum atomic E-state index is 0.0116. The number of anilines is 2. The number of amides is 2. The van der Waals surface area contributed by atoms with Crippen LogP contribution < -0.4 is 9.80 Å². The first-order chi connectivity index (χ1) is 13.6. The molecule has 0 radical (unpaired) electrons. The van der Waals surface area contributed by atoms with Crippen molar-refractivity contribution >= 4 is 23.2 Å². The number of fused-ring (bicyclic) bond motifs is 1. The van der Waals surface area contributed by atoms with Crippen molar-refractivity contribution in [2.45, 2.75) is 45.1 Å². The summed E-state index contributed by atoms with van der Waals surface area (Å²) in [6, 6.07) is 18.2. The summed E-state index contributed by atoms with van der Waals surface area (Å²) in [6.07, 6.45) is 4.09. The van der Waals surface area contributed by atoms with Gasteiger partial charge in [-0.05, 0) is 62.8 Å². The Morgan fingerprint density at radius 1 is 0.893 bits per heavy atom. The van der Waals surface area contributed by atoms with Crippen molar-refractivity contribution in [1.82, 2.24) is 0 Å². The van der Waals surface area contributed by atoms with Gasteiger partial charge in [-0.2, -0.15) is 0 Å². The van der Waals surface area contributed by atoms with Crippen molar-refractivity contribution in [3.63, 3.8) is 0 Å². The van der Waals surface area contributed by atoms with Gasteiger partial charge in [0, 0.05) is 36.3 Å². The van der Waals surface area contributed by atoms with Gasteiger partial charge < -0.3 is 9.80 Å². The fourth-order valence-electron chi connectivity index (χ4n) is 4.74. The minimum absolute atomic E-state index is 0.0116. The SMILES string of the molecule is CC1Cc2ccccc2N1C(=O)C1CCC(C(=O)N(C)c2ccccc2)CC1. The molecule has 1 aliphatic carbocycles. The molecule has 1 unspecified atom stereocenters. The van der Waals surface area contributed by atoms with Crippen LogP contribution in [-0.2, 0) is 16.0 Å². The van der Waals surface area contributed by atoms with Gasteiger partial charge in [0.1, 0.15) is 0 Å². The van der Waals surface area contributed by atoms with Crippen LogP contribution >= 0.6 is 0 Å². The molecule has 1 atom stereocenters. The van der Waals surface area contributed by atoms with Gasteiger partial charge >= 0.3 is 0 Å². The molecule has 0 N–H and O–H groups in total. The third-order valence-electron chi connectivity index (χ3n) is 6.34. The van der Waals surface area contributed by atoms with Crippen LogP contribution in [0.15, 0.2) is 54.6 Å². The number of nitrogens with zero attached hydrogens (tertiary/aromatic N) is 2. The van der Waals surface area contributed by atoms with E-state index in [1.54, 1.807) is 4.90 Å². The third-order valence-corrected chi connectivity index (χ3v) is 6.34. The molecule has 1 fully saturated rings. The van der Waals surface area contributed by atoms with Crippen LogP contribution in [0.3, 0.4) is 0 Å². The summed E-state index contributed by atoms with van der Waals surface area (Å²) in [4.78, 5) is 29.9. The van der Waals surface area contributed by atoms with Crippen LogP contribution in [0.4, 0.5) is 11.4 Å². The maximum absolute atomic E-state index is 13.2. The average molecular weight is 377 g/mol. The molecule has 2 amide bonds. The van der Waals surface area contributed by atoms with E-state index in [2.05, 4.69) is 19.1 Å². The van der Waals surface area contributed by atoms with E-state index in [0.717, 1.165) is 43.5 Å². The maximum Gasteiger partial charge on any atom is 0.230 e. The van der Waals surface area contributed by atoms with Gasteiger partial charge in [-0.15, -0.1) is 0 Å². The lowest BCUT2D eigenvalue weighted by Gasteiger charge is -2.33. The van der Waals surface area contributed by atoms with Crippen molar-refractivity contribution in [3.05, 3.63) is 60.2 Å². The summed E-state index contributed by atoms with van der Waals surface area (Å²) in [5.74, 6) is 0.439. The number of hydrogen-bond acceptors (Lipinski definition) is 2. The fourth-order valence-corrected chi connectivity index (χ4v) is 4.74. The monoisotopic (exact) mass is 376 g/mol. The van der Waals surface area contributed by atoms with Gasteiger partial charge in [-0.25, -0.2) is 0 Å². The molecule has 1 aliphatic heterocycles. The van der Waals surface area contributed by atoms with Crippen LogP contribution in [0, 0.1) is 11.8 Å². The van der Waals surface area contributed by atoms with Gasteiger partial charge in [0.25, 0.3) is 0 Å². The highest BCUT2D eigenvalue weighted by atomic mass is 16.2. The molecule has 2 aliphatic rings. The Bertz CT molecular complexity index is 856. The van der Waals surface area contributed by atoms with Crippen LogP contribution in [0.2, 0.25) is 0 Å². The summed E-state index contributed by atoms with van der Waals surface area (Å²) in [6.45, 7) is 2.13. The lowest BCUT2D eigenvalue weighted by atomic mass is 9.80. The molecule has 4 heteroatoms. The zero-order valence-electron chi connectivity index (χ0n) is 16.7. The number of para-hydroxylation sites is 2. The molecule has 1 heterocycles. The topological polar surface area (TPSA) is 40.6 Å². The molecular formula is C24H28N2O2. The van der Waals surface area contributed by atoms with Crippen molar-refractivity contribution in [3.8, 4) is 0 Å². The van der Waals surface area contributed by atoms with E-state index < -0.39 is 0 Å². The van der Waals surface area contributed by atoms with E-state index in [9.17, 15) is 9.59 Å². The lowest BCUT2D eigenvalue weighted by Crippen LogP contribution is -2.42. The van der Waals surface area contributed by atoms with Gasteiger partial charge in [0.15, 0.2) is 0 Å². The normalized spacial score (nSPS) is 23.9. The Hall–Kier alpha value is -2.62. The van der Waals surface area contributed by atoms with E-state index in [1.807, 2.05) is 54.4 Å². The average Bonchev–Trinajstić information content (AvgIpc) is 3.08. The highest BCUT2D eigenvalue weighted by Gasteiger charge is 2.37. The molecule has 4 nitrogen and oxygen atoms in total. The summed E-state index contributed by atoms with van der Waals surface area (Å²) < 4.78 is 0. The first-order valence-electron chi connectivity index (χ1n) is 10.3. The minimum Gasteiger partial charge on any atom is -0.315 e. The van der Waals surface area contributed by atoms with Crippen molar-refractivity contribution in [2.24, 2.45) is 11.8 Å². The Balaban J connectivity index is 1.39. The highest BCUT2D eigenvalue weighted by Crippen LogP contribution is 2.37. The number of benzene rings is 2. The Morgan fingerprint density at radius 3 is 2.21 bits per heavy atom. The largest absolute Gasteiger partial charge is 0.315 e. The van der Waals surface area contributed by atoms with Crippen molar-refractivity contribution in [2.75, 3.05) is 16.8 Å². The molecule has 4 rings (SSSR count). The van der Waals surface area contributed by atoms with Gasteiger partial charge in [-0.1, -0.05) is 36.4 Å². The second kappa shape index (κ2) is 7.78. The third kappa shape index (κ3) is 3.44. The quantitative estimate of drug-likeness (QED) is 0.795. The standard InChI is InChI=1S/C24H28N2O2/c1-17-16-20-8-6-7-11-22(20)26(17)24(28)19-14-12-18(13-15-19)23(27)25(2)21-9-4-3-5-10-21/h3-11,17-19H,12-16H2,1-2H3. The van der Waals surface area contributed by atoms with E-state index >= 15 is 0 Å². The number of carbonyl (C=O) groups excluding carboxylic acids is 2. The molecular weight excluding hydrogens is 348 g/mol. The summed E-state index contributed by atoms with van der Waals surface area (Å²) in [5, 5.41) is 0. The molecule has 0 saturated heterocycles. The second-order valence-corrected chi connectivity index (χ2v) is 8.17. The van der Waals surface area contributed by atoms with E-state index in [0.29, 0.717) is 0 Å². The van der Waals surface area contributed by atoms with Crippen LogP contribution in [-0.4, -0.2) is 24.9 Å². The molecule has 0 spiro atoms. The smallest absolute Gasteiger partial charge is 0.230 e. The fraction of sp³-hybridized carbons (Fsp3) is 0.417. The van der Waals surface area contributed by atoms with Crippen molar-refractivity contribution in [1.29, 1.82) is 0 Å². The van der Waals surface area contributed by atoms with Crippen LogP contribution in [0.5, 0.6) is 0 Å². The molecule has 2 aromatic carbocycles. The summed E-state index contributed by atoms with van der Waals surface area (Å²) in [5.41, 5.74) is 3.26. The zero-order chi connectivity index (χ0) is 19.7. The van der Waals surface area contributed by atoms with Gasteiger partial charge in [0.2, 0.25) is 11.8 Å². The Morgan fingerprint density at radius 2 is 1.50 bits per heavy atom. The van der Waals surface area contributed by atoms with Crippen LogP contribution in [0.25, 0.3) is 0 Å². The molecule has 2 aromatic rings. The zero-order valence-corrected chi connectivity index (χ0v) is 16.7. The summed E-state index contributed by atoms with van der Waals surface area (Å²) in [7, 11) is 1.84. The van der Waals surface area contributed by atoms with Crippen LogP contribution in [0.1, 0.15) is 38.2 Å². The predicted octanol–water partition coefficient (Wildman–Crippen LogP) is 4.43. The summed E-state index contributed by atoms with van der Waals surface area (Å²) >= 11 is 0. The van der Waals surface area contributed by atoms with E-state index in [-0.39, 0.29) is 29.7 Å². The van der Waals surface area contributed by atoms with Gasteiger partial charge in [-0.3, -0.25) is 9.59 Å².